The highest BCUT2D eigenvalue weighted by Crippen LogP contribution is 2.44. The second kappa shape index (κ2) is 8.78. The molecule has 0 aliphatic heterocycles. The molecule has 1 aromatic heterocycles. The second-order valence-corrected chi connectivity index (χ2v) is 7.33. The third-order valence-electron chi connectivity index (χ3n) is 5.29. The molecule has 1 aliphatic carbocycles. The maximum Gasteiger partial charge on any atom is 0.407 e. The topological polar surface area (TPSA) is 88.5 Å². The molecule has 0 saturated carbocycles. The zero-order chi connectivity index (χ0) is 20.9. The number of carboxylic acids is 1. The number of ether oxygens (including phenoxy) is 1. The molecule has 6 nitrogen and oxygen atoms in total. The van der Waals surface area contributed by atoms with Crippen molar-refractivity contribution < 1.29 is 19.4 Å². The van der Waals surface area contributed by atoms with Crippen molar-refractivity contribution in [1.82, 2.24) is 10.3 Å². The number of rotatable bonds is 7. The van der Waals surface area contributed by atoms with Gasteiger partial charge >= 0.3 is 12.1 Å². The first kappa shape index (κ1) is 19.6. The Morgan fingerprint density at radius 1 is 1.00 bits per heavy atom. The van der Waals surface area contributed by atoms with Gasteiger partial charge in [0.1, 0.15) is 6.61 Å². The molecular weight excluding hydrogens is 380 g/mol. The fourth-order valence-corrected chi connectivity index (χ4v) is 4.00. The zero-order valence-electron chi connectivity index (χ0n) is 16.3. The minimum absolute atomic E-state index is 0.0422. The first-order valence-electron chi connectivity index (χ1n) is 9.84. The average molecular weight is 402 g/mol. The van der Waals surface area contributed by atoms with Crippen molar-refractivity contribution in [1.29, 1.82) is 0 Å². The quantitative estimate of drug-likeness (QED) is 0.623. The molecule has 152 valence electrons. The summed E-state index contributed by atoms with van der Waals surface area (Å²) in [6, 6.07) is 19.3. The SMILES string of the molecule is O=C(O)C[C@H](Cc1cccnc1)NC(=O)OCC1c2ccccc2-c2ccccc21. The number of aliphatic carboxylic acids is 1. The van der Waals surface area contributed by atoms with Gasteiger partial charge in [-0.2, -0.15) is 0 Å². The van der Waals surface area contributed by atoms with Crippen molar-refractivity contribution in [3.8, 4) is 11.1 Å². The monoisotopic (exact) mass is 402 g/mol. The zero-order valence-corrected chi connectivity index (χ0v) is 16.3. The molecule has 2 aromatic carbocycles. The van der Waals surface area contributed by atoms with E-state index in [2.05, 4.69) is 34.6 Å². The summed E-state index contributed by atoms with van der Waals surface area (Å²) >= 11 is 0. The van der Waals surface area contributed by atoms with E-state index < -0.39 is 18.1 Å². The second-order valence-electron chi connectivity index (χ2n) is 7.33. The molecule has 0 radical (unpaired) electrons. The molecule has 1 atom stereocenters. The van der Waals surface area contributed by atoms with Crippen LogP contribution in [0.1, 0.15) is 29.0 Å². The number of hydrogen-bond donors (Lipinski definition) is 2. The van der Waals surface area contributed by atoms with Crippen molar-refractivity contribution in [2.45, 2.75) is 24.8 Å². The summed E-state index contributed by atoms with van der Waals surface area (Å²) in [5.41, 5.74) is 5.42. The van der Waals surface area contributed by atoms with Gasteiger partial charge in [0.05, 0.1) is 6.42 Å². The molecule has 6 heteroatoms. The van der Waals surface area contributed by atoms with Crippen molar-refractivity contribution in [3.63, 3.8) is 0 Å². The normalized spacial score (nSPS) is 13.2. The van der Waals surface area contributed by atoms with Gasteiger partial charge in [0.15, 0.2) is 0 Å². The molecule has 30 heavy (non-hydrogen) atoms. The van der Waals surface area contributed by atoms with Gasteiger partial charge in [0.2, 0.25) is 0 Å². The van der Waals surface area contributed by atoms with Crippen LogP contribution in [-0.4, -0.2) is 34.8 Å². The first-order valence-corrected chi connectivity index (χ1v) is 9.84. The number of nitrogens with one attached hydrogen (secondary N) is 1. The molecule has 0 fully saturated rings. The first-order chi connectivity index (χ1) is 14.6. The van der Waals surface area contributed by atoms with Crippen LogP contribution in [0.25, 0.3) is 11.1 Å². The lowest BCUT2D eigenvalue weighted by atomic mass is 9.98. The highest BCUT2D eigenvalue weighted by atomic mass is 16.5. The molecule has 1 heterocycles. The van der Waals surface area contributed by atoms with Crippen LogP contribution in [-0.2, 0) is 16.0 Å². The van der Waals surface area contributed by atoms with E-state index >= 15 is 0 Å². The summed E-state index contributed by atoms with van der Waals surface area (Å²) in [5, 5.41) is 11.9. The summed E-state index contributed by atoms with van der Waals surface area (Å²) in [6.07, 6.45) is 2.86. The van der Waals surface area contributed by atoms with Gasteiger partial charge in [0.25, 0.3) is 0 Å². The summed E-state index contributed by atoms with van der Waals surface area (Å²) in [7, 11) is 0. The smallest absolute Gasteiger partial charge is 0.407 e. The van der Waals surface area contributed by atoms with Crippen molar-refractivity contribution in [2.75, 3.05) is 6.61 Å². The fraction of sp³-hybridized carbons (Fsp3) is 0.208. The van der Waals surface area contributed by atoms with Gasteiger partial charge in [-0.25, -0.2) is 4.79 Å². The third-order valence-corrected chi connectivity index (χ3v) is 5.29. The van der Waals surface area contributed by atoms with E-state index in [1.54, 1.807) is 18.5 Å². The number of fused-ring (bicyclic) bond motifs is 3. The number of nitrogens with zero attached hydrogens (tertiary/aromatic N) is 1. The summed E-state index contributed by atoms with van der Waals surface area (Å²) in [6.45, 7) is 0.187. The van der Waals surface area contributed by atoms with Crippen LogP contribution in [0.2, 0.25) is 0 Å². The lowest BCUT2D eigenvalue weighted by Gasteiger charge is -2.19. The molecule has 0 bridgehead atoms. The van der Waals surface area contributed by atoms with E-state index in [-0.39, 0.29) is 18.9 Å². The Kier molecular flexibility index (Phi) is 5.75. The molecular formula is C24H22N2O4. The summed E-state index contributed by atoms with van der Waals surface area (Å²) < 4.78 is 5.53. The Morgan fingerprint density at radius 3 is 2.27 bits per heavy atom. The number of pyridine rings is 1. The molecule has 0 spiro atoms. The van der Waals surface area contributed by atoms with Crippen LogP contribution in [0.3, 0.4) is 0 Å². The highest BCUT2D eigenvalue weighted by molar-refractivity contribution is 5.79. The number of aromatic nitrogens is 1. The van der Waals surface area contributed by atoms with Crippen LogP contribution < -0.4 is 5.32 Å². The third kappa shape index (κ3) is 4.33. The Morgan fingerprint density at radius 2 is 1.67 bits per heavy atom. The number of hydrogen-bond acceptors (Lipinski definition) is 4. The standard InChI is InChI=1S/C24H22N2O4/c27-23(28)13-17(12-16-6-5-11-25-14-16)26-24(29)30-15-22-20-9-3-1-7-18(20)19-8-2-4-10-21(19)22/h1-11,14,17,22H,12-13,15H2,(H,26,29)(H,27,28)/t17-/m0/s1. The highest BCUT2D eigenvalue weighted by Gasteiger charge is 2.29. The van der Waals surface area contributed by atoms with Crippen LogP contribution >= 0.6 is 0 Å². The lowest BCUT2D eigenvalue weighted by Crippen LogP contribution is -2.39. The van der Waals surface area contributed by atoms with E-state index in [1.807, 2.05) is 30.3 Å². The summed E-state index contributed by atoms with van der Waals surface area (Å²) in [4.78, 5) is 27.7. The number of carbonyl (C=O) groups is 2. The van der Waals surface area contributed by atoms with Gasteiger partial charge in [-0.15, -0.1) is 0 Å². The summed E-state index contributed by atoms with van der Waals surface area (Å²) in [5.74, 6) is -1.03. The average Bonchev–Trinajstić information content (AvgIpc) is 3.06. The van der Waals surface area contributed by atoms with Gasteiger partial charge in [-0.05, 0) is 40.3 Å². The molecule has 3 aromatic rings. The minimum atomic E-state index is -0.983. The number of carboxylic acid groups (broad SMARTS) is 1. The number of alkyl carbamates (subject to hydrolysis) is 1. The predicted octanol–water partition coefficient (Wildman–Crippen LogP) is 4.01. The van der Waals surface area contributed by atoms with E-state index in [0.29, 0.717) is 6.42 Å². The van der Waals surface area contributed by atoms with Crippen LogP contribution in [0, 0.1) is 0 Å². The fourth-order valence-electron chi connectivity index (χ4n) is 4.00. The molecule has 1 amide bonds. The van der Waals surface area contributed by atoms with E-state index in [1.165, 1.54) is 0 Å². The molecule has 0 saturated heterocycles. The Bertz CT molecular complexity index is 1010. The Balaban J connectivity index is 1.43. The van der Waals surface area contributed by atoms with Crippen molar-refractivity contribution in [3.05, 3.63) is 89.7 Å². The maximum atomic E-state index is 12.5. The molecule has 2 N–H and O–H groups in total. The Hall–Kier alpha value is -3.67. The van der Waals surface area contributed by atoms with Gasteiger partial charge in [-0.3, -0.25) is 9.78 Å². The predicted molar refractivity (Wildman–Crippen MR) is 112 cm³/mol. The largest absolute Gasteiger partial charge is 0.481 e. The van der Waals surface area contributed by atoms with Gasteiger partial charge in [0, 0.05) is 24.4 Å². The maximum absolute atomic E-state index is 12.5. The van der Waals surface area contributed by atoms with Gasteiger partial charge in [-0.1, -0.05) is 54.6 Å². The van der Waals surface area contributed by atoms with Crippen LogP contribution in [0.4, 0.5) is 4.79 Å². The van der Waals surface area contributed by atoms with Crippen LogP contribution in [0.5, 0.6) is 0 Å². The van der Waals surface area contributed by atoms with Gasteiger partial charge < -0.3 is 15.2 Å². The number of amides is 1. The van der Waals surface area contributed by atoms with Crippen molar-refractivity contribution in [2.24, 2.45) is 0 Å². The molecule has 0 unspecified atom stereocenters. The van der Waals surface area contributed by atoms with Crippen LogP contribution in [0.15, 0.2) is 73.1 Å². The van der Waals surface area contributed by atoms with E-state index in [4.69, 9.17) is 4.74 Å². The Labute approximate surface area is 174 Å². The number of benzene rings is 2. The molecule has 1 aliphatic rings. The molecule has 4 rings (SSSR count). The lowest BCUT2D eigenvalue weighted by molar-refractivity contribution is -0.137. The van der Waals surface area contributed by atoms with E-state index in [0.717, 1.165) is 27.8 Å². The number of carbonyl (C=O) groups excluding carboxylic acids is 1. The van der Waals surface area contributed by atoms with Crippen molar-refractivity contribution >= 4 is 12.1 Å². The van der Waals surface area contributed by atoms with E-state index in [9.17, 15) is 14.7 Å². The minimum Gasteiger partial charge on any atom is -0.481 e.